The second-order valence-electron chi connectivity index (χ2n) is 13.2. The number of unbranched alkanes of at least 4 members (excludes halogenated alkanes) is 5. The van der Waals surface area contributed by atoms with Crippen molar-refractivity contribution in [2.45, 2.75) is 157 Å². The first kappa shape index (κ1) is 39.7. The highest BCUT2D eigenvalue weighted by Crippen LogP contribution is 2.39. The van der Waals surface area contributed by atoms with E-state index in [1.54, 1.807) is 0 Å². The molecule has 4 aliphatic rings. The molecule has 3 heterocycles. The molecular formula is C31H55NO16. The van der Waals surface area contributed by atoms with E-state index in [9.17, 15) is 50.8 Å². The molecule has 10 N–H and O–H groups in total. The monoisotopic (exact) mass is 697 g/mol. The summed E-state index contributed by atoms with van der Waals surface area (Å²) in [5.74, 6) is -1.65. The van der Waals surface area contributed by atoms with Crippen molar-refractivity contribution in [1.82, 2.24) is 5.32 Å². The first-order valence-corrected chi connectivity index (χ1v) is 17.0. The Kier molecular flexibility index (Phi) is 15.2. The van der Waals surface area contributed by atoms with Gasteiger partial charge in [-0.3, -0.25) is 4.79 Å². The summed E-state index contributed by atoms with van der Waals surface area (Å²) in [5, 5.41) is 98.4. The van der Waals surface area contributed by atoms with E-state index in [2.05, 4.69) is 12.2 Å². The fourth-order valence-electron chi connectivity index (χ4n) is 6.96. The van der Waals surface area contributed by atoms with Crippen LogP contribution in [-0.4, -0.2) is 176 Å². The summed E-state index contributed by atoms with van der Waals surface area (Å²) >= 11 is 0. The van der Waals surface area contributed by atoms with Crippen molar-refractivity contribution in [3.8, 4) is 0 Å². The number of fused-ring (bicyclic) bond motifs is 1. The SMILES string of the molecule is CCCCCCCCO[C@@H]1O[C@H](CO[C@H]2[C@H]3OCC[C@@H](O)[C@@H]3[C@@H](O)[C@H](O)[C@@H]2O[C@@H]2O[C@H](CO)[C@@H](O)[C@H](O)[C@H]2NC(C)=O)[C@@H](O)[C@H](O)[C@H]1O. The number of nitrogens with one attached hydrogen (secondary N) is 1. The number of carbonyl (C=O) groups excluding carboxylic acids is 1. The predicted octanol–water partition coefficient (Wildman–Crippen LogP) is -3.61. The van der Waals surface area contributed by atoms with E-state index < -0.39 is 123 Å². The topological polar surface area (TPSA) is 267 Å². The van der Waals surface area contributed by atoms with Crippen LogP contribution in [0.2, 0.25) is 0 Å². The number of aliphatic hydroxyl groups is 9. The van der Waals surface area contributed by atoms with E-state index in [4.69, 9.17) is 28.4 Å². The Hall–Kier alpha value is -1.13. The Morgan fingerprint density at radius 2 is 1.42 bits per heavy atom. The Balaban J connectivity index is 1.51. The van der Waals surface area contributed by atoms with Crippen molar-refractivity contribution >= 4 is 5.91 Å². The van der Waals surface area contributed by atoms with E-state index >= 15 is 0 Å². The van der Waals surface area contributed by atoms with E-state index in [0.29, 0.717) is 6.42 Å². The maximum absolute atomic E-state index is 12.0. The summed E-state index contributed by atoms with van der Waals surface area (Å²) in [6.45, 7) is 2.40. The molecule has 17 atom stereocenters. The lowest BCUT2D eigenvalue weighted by molar-refractivity contribution is -0.338. The number of hydrogen-bond donors (Lipinski definition) is 10. The van der Waals surface area contributed by atoms with Gasteiger partial charge >= 0.3 is 0 Å². The minimum atomic E-state index is -1.75. The molecule has 0 aromatic carbocycles. The molecule has 4 fully saturated rings. The van der Waals surface area contributed by atoms with Crippen molar-refractivity contribution < 1.29 is 79.2 Å². The van der Waals surface area contributed by atoms with Crippen molar-refractivity contribution in [3.63, 3.8) is 0 Å². The van der Waals surface area contributed by atoms with Gasteiger partial charge in [0.1, 0.15) is 67.1 Å². The highest BCUT2D eigenvalue weighted by molar-refractivity contribution is 5.73. The van der Waals surface area contributed by atoms with Crippen LogP contribution in [0, 0.1) is 5.92 Å². The lowest BCUT2D eigenvalue weighted by Crippen LogP contribution is -2.70. The molecule has 3 aliphatic heterocycles. The largest absolute Gasteiger partial charge is 0.394 e. The molecule has 1 amide bonds. The molecule has 0 radical (unpaired) electrons. The van der Waals surface area contributed by atoms with Crippen LogP contribution >= 0.6 is 0 Å². The number of ether oxygens (including phenoxy) is 6. The number of hydrogen-bond acceptors (Lipinski definition) is 16. The van der Waals surface area contributed by atoms with Crippen molar-refractivity contribution in [3.05, 3.63) is 0 Å². The van der Waals surface area contributed by atoms with Crippen LogP contribution in [0.5, 0.6) is 0 Å². The molecule has 4 rings (SSSR count). The van der Waals surface area contributed by atoms with Gasteiger partial charge in [0.05, 0.1) is 31.5 Å². The lowest BCUT2D eigenvalue weighted by atomic mass is 9.73. The second kappa shape index (κ2) is 18.4. The molecule has 0 bridgehead atoms. The molecule has 0 spiro atoms. The first-order valence-electron chi connectivity index (χ1n) is 17.0. The highest BCUT2D eigenvalue weighted by Gasteiger charge is 2.58. The van der Waals surface area contributed by atoms with Crippen LogP contribution in [0.15, 0.2) is 0 Å². The van der Waals surface area contributed by atoms with Crippen LogP contribution in [0.4, 0.5) is 0 Å². The number of carbonyl (C=O) groups is 1. The maximum Gasteiger partial charge on any atom is 0.217 e. The smallest absolute Gasteiger partial charge is 0.217 e. The Morgan fingerprint density at radius 3 is 2.10 bits per heavy atom. The van der Waals surface area contributed by atoms with Crippen molar-refractivity contribution in [2.24, 2.45) is 5.92 Å². The van der Waals surface area contributed by atoms with E-state index in [0.717, 1.165) is 39.0 Å². The van der Waals surface area contributed by atoms with Crippen molar-refractivity contribution in [1.29, 1.82) is 0 Å². The normalized spacial score (nSPS) is 45.0. The van der Waals surface area contributed by atoms with E-state index in [-0.39, 0.29) is 19.6 Å². The van der Waals surface area contributed by atoms with E-state index in [1.807, 2.05) is 0 Å². The van der Waals surface area contributed by atoms with Gasteiger partial charge in [0.25, 0.3) is 0 Å². The summed E-state index contributed by atoms with van der Waals surface area (Å²) in [6, 6.07) is -1.38. The zero-order valence-electron chi connectivity index (χ0n) is 27.5. The zero-order valence-corrected chi connectivity index (χ0v) is 27.5. The number of rotatable bonds is 15. The third-order valence-corrected chi connectivity index (χ3v) is 9.72. The predicted molar refractivity (Wildman–Crippen MR) is 162 cm³/mol. The minimum absolute atomic E-state index is 0.0610. The fourth-order valence-corrected chi connectivity index (χ4v) is 6.96. The molecule has 0 unspecified atom stereocenters. The highest BCUT2D eigenvalue weighted by atomic mass is 16.7. The van der Waals surface area contributed by atoms with Gasteiger partial charge in [0.15, 0.2) is 12.6 Å². The molecule has 0 aromatic heterocycles. The first-order chi connectivity index (χ1) is 22.9. The average molecular weight is 698 g/mol. The molecule has 1 saturated carbocycles. The lowest BCUT2D eigenvalue weighted by Gasteiger charge is -2.52. The van der Waals surface area contributed by atoms with Gasteiger partial charge in [-0.25, -0.2) is 0 Å². The quantitative estimate of drug-likeness (QED) is 0.0741. The summed E-state index contributed by atoms with van der Waals surface area (Å²) < 4.78 is 35.3. The van der Waals surface area contributed by atoms with Gasteiger partial charge in [-0.15, -0.1) is 0 Å². The molecule has 0 aromatic rings. The number of aliphatic hydroxyl groups excluding tert-OH is 9. The Bertz CT molecular complexity index is 981. The summed E-state index contributed by atoms with van der Waals surface area (Å²) in [4.78, 5) is 12.0. The van der Waals surface area contributed by atoms with Gasteiger partial charge in [0, 0.05) is 26.1 Å². The molecule has 280 valence electrons. The molecule has 1 aliphatic carbocycles. The fraction of sp³-hybridized carbons (Fsp3) is 0.968. The standard InChI is InChI=1S/C31H55NO16/c1-3-4-5-6-7-8-10-44-31-26(42)24(40)21(37)17(47-31)13-45-29-27-18(15(35)9-11-43-27)22(38)25(41)28(29)48-30-19(32-14(2)34)23(39)20(36)16(12-33)46-30/h15-31,33,35-42H,3-13H2,1-2H3,(H,32,34)/t15-,16-,17-,18-,19-,20-,21-,22-,23-,24+,25+,26-,27+,28+,29+,30+,31-/m1/s1. The molecule has 3 saturated heterocycles. The molecular weight excluding hydrogens is 642 g/mol. The van der Waals surface area contributed by atoms with Crippen LogP contribution in [-0.2, 0) is 33.2 Å². The van der Waals surface area contributed by atoms with Gasteiger partial charge in [-0.05, 0) is 12.8 Å². The molecule has 48 heavy (non-hydrogen) atoms. The van der Waals surface area contributed by atoms with Gasteiger partial charge in [-0.2, -0.15) is 0 Å². The third kappa shape index (κ3) is 9.20. The van der Waals surface area contributed by atoms with Gasteiger partial charge in [0.2, 0.25) is 5.91 Å². The van der Waals surface area contributed by atoms with Crippen LogP contribution in [0.1, 0.15) is 58.8 Å². The van der Waals surface area contributed by atoms with Gasteiger partial charge in [-0.1, -0.05) is 39.0 Å². The number of amides is 1. The van der Waals surface area contributed by atoms with Gasteiger partial charge < -0.3 is 79.7 Å². The Morgan fingerprint density at radius 1 is 0.750 bits per heavy atom. The zero-order chi connectivity index (χ0) is 35.1. The van der Waals surface area contributed by atoms with E-state index in [1.165, 1.54) is 0 Å². The van der Waals surface area contributed by atoms with Crippen LogP contribution in [0.25, 0.3) is 0 Å². The third-order valence-electron chi connectivity index (χ3n) is 9.72. The summed E-state index contributed by atoms with van der Waals surface area (Å²) in [7, 11) is 0. The van der Waals surface area contributed by atoms with Crippen molar-refractivity contribution in [2.75, 3.05) is 26.4 Å². The summed E-state index contributed by atoms with van der Waals surface area (Å²) in [5.41, 5.74) is 0. The summed E-state index contributed by atoms with van der Waals surface area (Å²) in [6.07, 6.45) is -15.7. The molecule has 17 heteroatoms. The minimum Gasteiger partial charge on any atom is -0.394 e. The van der Waals surface area contributed by atoms with Crippen LogP contribution < -0.4 is 5.32 Å². The van der Waals surface area contributed by atoms with Crippen LogP contribution in [0.3, 0.4) is 0 Å². The Labute approximate surface area is 279 Å². The molecule has 17 nitrogen and oxygen atoms in total. The average Bonchev–Trinajstić information content (AvgIpc) is 3.06. The second-order valence-corrected chi connectivity index (χ2v) is 13.2. The maximum atomic E-state index is 12.0.